The first kappa shape index (κ1) is 30.3. The summed E-state index contributed by atoms with van der Waals surface area (Å²) in [6.07, 6.45) is -5.34. The molecule has 3 aromatic carbocycles. The summed E-state index contributed by atoms with van der Waals surface area (Å²) >= 11 is 0. The van der Waals surface area contributed by atoms with Crippen LogP contribution in [0.1, 0.15) is 23.6 Å². The van der Waals surface area contributed by atoms with E-state index < -0.39 is 47.6 Å². The van der Waals surface area contributed by atoms with Crippen LogP contribution < -0.4 is 0 Å². The molecule has 0 aromatic heterocycles. The number of carbonyl (C=O) groups excluding carboxylic acids is 1. The van der Waals surface area contributed by atoms with Gasteiger partial charge in [-0.3, -0.25) is 10.1 Å². The van der Waals surface area contributed by atoms with E-state index in [1.54, 1.807) is 0 Å². The molecule has 4 rings (SSSR count). The Hall–Kier alpha value is -3.67. The summed E-state index contributed by atoms with van der Waals surface area (Å²) in [6.45, 7) is 2.05. The Morgan fingerprint density at radius 3 is 1.80 bits per heavy atom. The lowest BCUT2D eigenvalue weighted by molar-refractivity contribution is -0.577. The zero-order chi connectivity index (χ0) is 29.0. The Morgan fingerprint density at radius 2 is 1.32 bits per heavy atom. The van der Waals surface area contributed by atoms with Crippen molar-refractivity contribution in [3.63, 3.8) is 0 Å². The number of esters is 1. The quantitative estimate of drug-likeness (QED) is 0.160. The predicted molar refractivity (Wildman–Crippen MR) is 148 cm³/mol. The minimum atomic E-state index is -1.50. The van der Waals surface area contributed by atoms with Crippen molar-refractivity contribution in [2.75, 3.05) is 13.7 Å². The summed E-state index contributed by atoms with van der Waals surface area (Å²) in [7, 11) is 1.22. The number of carbonyl (C=O) groups is 1. The van der Waals surface area contributed by atoms with Crippen LogP contribution in [-0.2, 0) is 53.0 Å². The van der Waals surface area contributed by atoms with E-state index in [9.17, 15) is 14.9 Å². The van der Waals surface area contributed by atoms with Gasteiger partial charge in [-0.2, -0.15) is 0 Å². The maximum atomic E-state index is 12.5. The smallest absolute Gasteiger partial charge is 0.334 e. The Bertz CT molecular complexity index is 1210. The molecule has 0 spiro atoms. The second kappa shape index (κ2) is 15.4. The molecule has 10 nitrogen and oxygen atoms in total. The van der Waals surface area contributed by atoms with Crippen LogP contribution in [0.5, 0.6) is 0 Å². The van der Waals surface area contributed by atoms with Crippen molar-refractivity contribution in [2.45, 2.75) is 63.5 Å². The van der Waals surface area contributed by atoms with Gasteiger partial charge in [0.25, 0.3) is 6.04 Å². The average Bonchev–Trinajstić information content (AvgIpc) is 3.00. The lowest BCUT2D eigenvalue weighted by Gasteiger charge is -2.42. The first-order chi connectivity index (χ1) is 20.0. The van der Waals surface area contributed by atoms with Crippen molar-refractivity contribution in [1.82, 2.24) is 0 Å². The number of methoxy groups -OCH3 is 1. The Balaban J connectivity index is 1.62. The van der Waals surface area contributed by atoms with Gasteiger partial charge in [-0.05, 0) is 23.6 Å². The monoisotopic (exact) mass is 565 g/mol. The molecule has 41 heavy (non-hydrogen) atoms. The number of nitrogens with zero attached hydrogens (tertiary/aromatic N) is 1. The molecule has 0 saturated carbocycles. The molecule has 0 radical (unpaired) electrons. The number of benzene rings is 3. The molecule has 3 aromatic rings. The number of hydrogen-bond donors (Lipinski definition) is 0. The maximum Gasteiger partial charge on any atom is 0.334 e. The van der Waals surface area contributed by atoms with E-state index in [2.05, 4.69) is 0 Å². The van der Waals surface area contributed by atoms with Crippen LogP contribution in [0.2, 0.25) is 0 Å². The van der Waals surface area contributed by atoms with Gasteiger partial charge in [0.2, 0.25) is 6.29 Å². The number of rotatable bonds is 14. The van der Waals surface area contributed by atoms with Crippen LogP contribution >= 0.6 is 0 Å². The Labute approximate surface area is 239 Å². The van der Waals surface area contributed by atoms with Crippen molar-refractivity contribution >= 4 is 5.97 Å². The normalized spacial score (nSPS) is 23.0. The third-order valence-corrected chi connectivity index (χ3v) is 6.69. The van der Waals surface area contributed by atoms with Crippen molar-refractivity contribution in [3.8, 4) is 0 Å². The van der Waals surface area contributed by atoms with Gasteiger partial charge < -0.3 is 28.4 Å². The lowest BCUT2D eigenvalue weighted by atomic mass is 9.96. The molecule has 1 aliphatic heterocycles. The molecular formula is C31H35NO9. The molecule has 0 aliphatic carbocycles. The fourth-order valence-electron chi connectivity index (χ4n) is 4.58. The first-order valence-electron chi connectivity index (χ1n) is 13.4. The largest absolute Gasteiger partial charge is 0.467 e. The molecule has 0 unspecified atom stereocenters. The topological polar surface area (TPSA) is 116 Å². The number of hydrogen-bond acceptors (Lipinski definition) is 9. The third-order valence-electron chi connectivity index (χ3n) is 6.69. The van der Waals surface area contributed by atoms with Gasteiger partial charge in [0.05, 0.1) is 33.5 Å². The molecule has 0 bridgehead atoms. The van der Waals surface area contributed by atoms with E-state index in [0.717, 1.165) is 16.7 Å². The van der Waals surface area contributed by atoms with Gasteiger partial charge in [0.15, 0.2) is 12.2 Å². The fraction of sp³-hybridized carbons (Fsp3) is 0.387. The van der Waals surface area contributed by atoms with Gasteiger partial charge in [-0.1, -0.05) is 91.0 Å². The second-order valence-corrected chi connectivity index (χ2v) is 9.64. The van der Waals surface area contributed by atoms with Crippen LogP contribution in [0.4, 0.5) is 0 Å². The predicted octanol–water partition coefficient (Wildman–Crippen LogP) is 4.32. The second-order valence-electron chi connectivity index (χ2n) is 9.64. The summed E-state index contributed by atoms with van der Waals surface area (Å²) in [5.74, 6) is -0.684. The standard InChI is InChI=1S/C31H35NO9/c1-22(30(33)36-2)40-31-27(32(34)35)29(39-20-25-16-10-5-11-17-25)28(38-19-24-14-8-4-9-15-24)26(41-31)21-37-18-23-12-6-3-7-13-23/h3-17,22,26-29,31H,18-21H2,1-2H3/t22-,26+,27+,28-,29+,31-/m0/s1. The number of nitro groups is 1. The van der Waals surface area contributed by atoms with Gasteiger partial charge in [-0.25, -0.2) is 4.79 Å². The van der Waals surface area contributed by atoms with E-state index in [1.807, 2.05) is 91.0 Å². The Morgan fingerprint density at radius 1 is 0.829 bits per heavy atom. The number of ether oxygens (including phenoxy) is 6. The highest BCUT2D eigenvalue weighted by molar-refractivity contribution is 5.73. The zero-order valence-electron chi connectivity index (χ0n) is 23.1. The minimum absolute atomic E-state index is 0.0381. The van der Waals surface area contributed by atoms with E-state index in [0.29, 0.717) is 6.61 Å². The molecule has 6 atom stereocenters. The van der Waals surface area contributed by atoms with Gasteiger partial charge in [0, 0.05) is 4.92 Å². The average molecular weight is 566 g/mol. The van der Waals surface area contributed by atoms with E-state index in [4.69, 9.17) is 28.4 Å². The fourth-order valence-corrected chi connectivity index (χ4v) is 4.58. The van der Waals surface area contributed by atoms with Crippen molar-refractivity contribution < 1.29 is 38.1 Å². The summed E-state index contributed by atoms with van der Waals surface area (Å²) in [4.78, 5) is 24.1. The van der Waals surface area contributed by atoms with Crippen LogP contribution in [0, 0.1) is 10.1 Å². The SMILES string of the molecule is COC(=O)[C@H](C)O[C@H]1O[C@H](COCc2ccccc2)[C@H](OCc2ccccc2)[C@H](OCc2ccccc2)[C@H]1[N+](=O)[O-]. The van der Waals surface area contributed by atoms with Crippen molar-refractivity contribution in [3.05, 3.63) is 118 Å². The van der Waals surface area contributed by atoms with E-state index in [1.165, 1.54) is 14.0 Å². The molecule has 0 amide bonds. The van der Waals surface area contributed by atoms with Gasteiger partial charge in [-0.15, -0.1) is 0 Å². The summed E-state index contributed by atoms with van der Waals surface area (Å²) in [5.41, 5.74) is 2.67. The van der Waals surface area contributed by atoms with Crippen molar-refractivity contribution in [1.29, 1.82) is 0 Å². The van der Waals surface area contributed by atoms with Gasteiger partial charge in [0.1, 0.15) is 12.2 Å². The zero-order valence-corrected chi connectivity index (χ0v) is 23.1. The minimum Gasteiger partial charge on any atom is -0.467 e. The molecule has 0 N–H and O–H groups in total. The van der Waals surface area contributed by atoms with E-state index >= 15 is 0 Å². The molecule has 1 saturated heterocycles. The summed E-state index contributed by atoms with van der Waals surface area (Å²) in [6, 6.07) is 26.9. The summed E-state index contributed by atoms with van der Waals surface area (Å²) in [5, 5.41) is 12.5. The molecule has 10 heteroatoms. The highest BCUT2D eigenvalue weighted by atomic mass is 16.7. The maximum absolute atomic E-state index is 12.5. The first-order valence-corrected chi connectivity index (χ1v) is 13.4. The van der Waals surface area contributed by atoms with Gasteiger partial charge >= 0.3 is 5.97 Å². The van der Waals surface area contributed by atoms with Crippen LogP contribution in [-0.4, -0.2) is 61.4 Å². The highest BCUT2D eigenvalue weighted by Gasteiger charge is 2.55. The van der Waals surface area contributed by atoms with E-state index in [-0.39, 0.29) is 19.8 Å². The highest BCUT2D eigenvalue weighted by Crippen LogP contribution is 2.31. The third kappa shape index (κ3) is 8.66. The molecule has 1 aliphatic rings. The molecule has 1 fully saturated rings. The van der Waals surface area contributed by atoms with Crippen molar-refractivity contribution in [2.24, 2.45) is 0 Å². The molecular weight excluding hydrogens is 530 g/mol. The van der Waals surface area contributed by atoms with Crippen LogP contribution in [0.15, 0.2) is 91.0 Å². The van der Waals surface area contributed by atoms with Crippen LogP contribution in [0.3, 0.4) is 0 Å². The Kier molecular flexibility index (Phi) is 11.4. The molecule has 218 valence electrons. The summed E-state index contributed by atoms with van der Waals surface area (Å²) < 4.78 is 35.2. The lowest BCUT2D eigenvalue weighted by Crippen LogP contribution is -2.64. The van der Waals surface area contributed by atoms with Crippen LogP contribution in [0.25, 0.3) is 0 Å². The molecule has 1 heterocycles.